The van der Waals surface area contributed by atoms with Crippen molar-refractivity contribution in [1.29, 1.82) is 5.41 Å². The summed E-state index contributed by atoms with van der Waals surface area (Å²) in [6.07, 6.45) is 2.91. The third-order valence-corrected chi connectivity index (χ3v) is 1.59. The SMILES string of the molecule is C/C(C=N)=C/Nc1ccccc1O. The van der Waals surface area contributed by atoms with E-state index in [0.29, 0.717) is 5.69 Å². The fraction of sp³-hybridized carbons (Fsp3) is 0.100. The van der Waals surface area contributed by atoms with E-state index >= 15 is 0 Å². The summed E-state index contributed by atoms with van der Waals surface area (Å²) < 4.78 is 0. The van der Waals surface area contributed by atoms with Gasteiger partial charge in [-0.15, -0.1) is 0 Å². The highest BCUT2D eigenvalue weighted by atomic mass is 16.3. The Hall–Kier alpha value is -1.77. The molecule has 68 valence electrons. The van der Waals surface area contributed by atoms with Gasteiger partial charge in [-0.3, -0.25) is 0 Å². The van der Waals surface area contributed by atoms with Gasteiger partial charge in [-0.1, -0.05) is 12.1 Å². The number of nitrogens with one attached hydrogen (secondary N) is 2. The summed E-state index contributed by atoms with van der Waals surface area (Å²) in [7, 11) is 0. The van der Waals surface area contributed by atoms with Gasteiger partial charge in [-0.25, -0.2) is 0 Å². The maximum atomic E-state index is 9.35. The molecule has 0 aliphatic heterocycles. The number of aromatic hydroxyl groups is 1. The summed E-state index contributed by atoms with van der Waals surface area (Å²) in [4.78, 5) is 0. The van der Waals surface area contributed by atoms with E-state index in [-0.39, 0.29) is 5.75 Å². The first-order valence-corrected chi connectivity index (χ1v) is 3.96. The van der Waals surface area contributed by atoms with Crippen molar-refractivity contribution in [1.82, 2.24) is 0 Å². The van der Waals surface area contributed by atoms with Gasteiger partial charge in [0.2, 0.25) is 0 Å². The Kier molecular flexibility index (Phi) is 3.09. The summed E-state index contributed by atoms with van der Waals surface area (Å²) in [6, 6.07) is 6.96. The maximum Gasteiger partial charge on any atom is 0.138 e. The molecule has 0 aromatic heterocycles. The zero-order valence-electron chi connectivity index (χ0n) is 7.41. The molecule has 0 unspecified atom stereocenters. The second-order valence-corrected chi connectivity index (χ2v) is 2.69. The van der Waals surface area contributed by atoms with Crippen molar-refractivity contribution in [3.05, 3.63) is 36.0 Å². The van der Waals surface area contributed by atoms with Gasteiger partial charge in [0.25, 0.3) is 0 Å². The number of para-hydroxylation sites is 2. The van der Waals surface area contributed by atoms with E-state index < -0.39 is 0 Å². The quantitative estimate of drug-likeness (QED) is 0.489. The van der Waals surface area contributed by atoms with Gasteiger partial charge in [0.15, 0.2) is 0 Å². The summed E-state index contributed by atoms with van der Waals surface area (Å²) in [5.74, 6) is 0.205. The number of hydrogen-bond acceptors (Lipinski definition) is 3. The van der Waals surface area contributed by atoms with Gasteiger partial charge in [0, 0.05) is 12.4 Å². The topological polar surface area (TPSA) is 56.1 Å². The predicted octanol–water partition coefficient (Wildman–Crippen LogP) is 2.36. The minimum atomic E-state index is 0.205. The lowest BCUT2D eigenvalue weighted by molar-refractivity contribution is 0.477. The largest absolute Gasteiger partial charge is 0.506 e. The fourth-order valence-corrected chi connectivity index (χ4v) is 0.829. The first-order chi connectivity index (χ1) is 6.24. The van der Waals surface area contributed by atoms with Crippen LogP contribution in [0.2, 0.25) is 0 Å². The van der Waals surface area contributed by atoms with E-state index in [1.165, 1.54) is 6.21 Å². The van der Waals surface area contributed by atoms with Crippen LogP contribution in [0.3, 0.4) is 0 Å². The van der Waals surface area contributed by atoms with E-state index in [9.17, 15) is 5.11 Å². The predicted molar refractivity (Wildman–Crippen MR) is 54.3 cm³/mol. The third kappa shape index (κ3) is 2.63. The Morgan fingerprint density at radius 1 is 1.46 bits per heavy atom. The fourth-order valence-electron chi connectivity index (χ4n) is 0.829. The molecule has 0 bridgehead atoms. The lowest BCUT2D eigenvalue weighted by atomic mass is 10.3. The van der Waals surface area contributed by atoms with Gasteiger partial charge in [-0.2, -0.15) is 0 Å². The van der Waals surface area contributed by atoms with E-state index in [1.807, 2.05) is 6.07 Å². The highest BCUT2D eigenvalue weighted by Gasteiger charge is 1.94. The molecular weight excluding hydrogens is 164 g/mol. The second kappa shape index (κ2) is 4.30. The van der Waals surface area contributed by atoms with Crippen LogP contribution in [0.4, 0.5) is 5.69 Å². The van der Waals surface area contributed by atoms with Crippen LogP contribution >= 0.6 is 0 Å². The molecule has 0 fully saturated rings. The molecule has 13 heavy (non-hydrogen) atoms. The third-order valence-electron chi connectivity index (χ3n) is 1.59. The molecule has 0 aliphatic carbocycles. The number of allylic oxidation sites excluding steroid dienone is 1. The van der Waals surface area contributed by atoms with Crippen LogP contribution in [0.15, 0.2) is 36.0 Å². The molecule has 0 aliphatic rings. The molecule has 3 nitrogen and oxygen atoms in total. The van der Waals surface area contributed by atoms with Crippen LogP contribution < -0.4 is 5.32 Å². The number of anilines is 1. The zero-order chi connectivity index (χ0) is 9.68. The molecule has 0 amide bonds. The van der Waals surface area contributed by atoms with E-state index in [4.69, 9.17) is 5.41 Å². The van der Waals surface area contributed by atoms with Gasteiger partial charge in [0.1, 0.15) is 5.75 Å². The molecule has 0 spiro atoms. The molecule has 0 heterocycles. The normalized spacial score (nSPS) is 11.0. The van der Waals surface area contributed by atoms with Crippen molar-refractivity contribution in [2.45, 2.75) is 6.92 Å². The molecule has 0 saturated carbocycles. The van der Waals surface area contributed by atoms with Crippen molar-refractivity contribution in [3.8, 4) is 5.75 Å². The Bertz CT molecular complexity index is 331. The Balaban J connectivity index is 2.75. The Morgan fingerprint density at radius 3 is 2.77 bits per heavy atom. The molecule has 0 atom stereocenters. The molecular formula is C10H12N2O. The highest BCUT2D eigenvalue weighted by molar-refractivity contribution is 5.75. The molecule has 3 heteroatoms. The minimum Gasteiger partial charge on any atom is -0.506 e. The highest BCUT2D eigenvalue weighted by Crippen LogP contribution is 2.21. The zero-order valence-corrected chi connectivity index (χ0v) is 7.41. The van der Waals surface area contributed by atoms with Crippen LogP contribution in [0.25, 0.3) is 0 Å². The number of hydrogen-bond donors (Lipinski definition) is 3. The van der Waals surface area contributed by atoms with E-state index in [0.717, 1.165) is 5.57 Å². The van der Waals surface area contributed by atoms with Gasteiger partial charge in [0.05, 0.1) is 5.69 Å². The standard InChI is InChI=1S/C10H12N2O/c1-8(6-11)7-12-9-4-2-3-5-10(9)13/h2-7,11-13H,1H3/b8-7-,11-6?. The molecule has 1 aromatic carbocycles. The summed E-state index contributed by atoms with van der Waals surface area (Å²) in [5, 5.41) is 19.2. The van der Waals surface area contributed by atoms with E-state index in [1.54, 1.807) is 31.3 Å². The van der Waals surface area contributed by atoms with Crippen molar-refractivity contribution in [2.24, 2.45) is 0 Å². The number of benzene rings is 1. The second-order valence-electron chi connectivity index (χ2n) is 2.69. The minimum absolute atomic E-state index is 0.205. The van der Waals surface area contributed by atoms with Gasteiger partial charge in [-0.05, 0) is 24.6 Å². The molecule has 1 rings (SSSR count). The van der Waals surface area contributed by atoms with Crippen LogP contribution in [0.5, 0.6) is 5.75 Å². The maximum absolute atomic E-state index is 9.35. The lowest BCUT2D eigenvalue weighted by Crippen LogP contribution is -1.90. The van der Waals surface area contributed by atoms with Crippen molar-refractivity contribution < 1.29 is 5.11 Å². The van der Waals surface area contributed by atoms with Crippen molar-refractivity contribution >= 4 is 11.9 Å². The van der Waals surface area contributed by atoms with Crippen molar-refractivity contribution in [3.63, 3.8) is 0 Å². The molecule has 1 aromatic rings. The summed E-state index contributed by atoms with van der Waals surface area (Å²) in [6.45, 7) is 1.81. The van der Waals surface area contributed by atoms with Crippen LogP contribution in [-0.2, 0) is 0 Å². The molecule has 3 N–H and O–H groups in total. The first-order valence-electron chi connectivity index (χ1n) is 3.96. The lowest BCUT2D eigenvalue weighted by Gasteiger charge is -2.03. The summed E-state index contributed by atoms with van der Waals surface area (Å²) >= 11 is 0. The van der Waals surface area contributed by atoms with Crippen LogP contribution in [0.1, 0.15) is 6.92 Å². The molecule has 0 radical (unpaired) electrons. The van der Waals surface area contributed by atoms with Crippen LogP contribution in [0, 0.1) is 5.41 Å². The van der Waals surface area contributed by atoms with Gasteiger partial charge >= 0.3 is 0 Å². The smallest absolute Gasteiger partial charge is 0.138 e. The number of phenols is 1. The Morgan fingerprint density at radius 2 is 2.15 bits per heavy atom. The monoisotopic (exact) mass is 176 g/mol. The average Bonchev–Trinajstić information content (AvgIpc) is 2.16. The average molecular weight is 176 g/mol. The van der Waals surface area contributed by atoms with E-state index in [2.05, 4.69) is 5.32 Å². The first kappa shape index (κ1) is 9.32. The van der Waals surface area contributed by atoms with Crippen LogP contribution in [-0.4, -0.2) is 11.3 Å². The summed E-state index contributed by atoms with van der Waals surface area (Å²) in [5.41, 5.74) is 1.44. The molecule has 0 saturated heterocycles. The number of rotatable bonds is 3. The van der Waals surface area contributed by atoms with Gasteiger partial charge < -0.3 is 15.8 Å². The Labute approximate surface area is 77.2 Å². The number of phenolic OH excluding ortho intramolecular Hbond substituents is 1. The van der Waals surface area contributed by atoms with Crippen molar-refractivity contribution in [2.75, 3.05) is 5.32 Å².